The van der Waals surface area contributed by atoms with Crippen LogP contribution in [0.3, 0.4) is 0 Å². The van der Waals surface area contributed by atoms with E-state index in [2.05, 4.69) is 240 Å². The van der Waals surface area contributed by atoms with E-state index in [1.807, 2.05) is 0 Å². The highest BCUT2D eigenvalue weighted by Gasteiger charge is 2.52. The Morgan fingerprint density at radius 1 is 0.263 bits per heavy atom. The second-order valence-corrected chi connectivity index (χ2v) is 14.8. The molecule has 2 aliphatic rings. The van der Waals surface area contributed by atoms with Crippen molar-refractivity contribution in [2.75, 3.05) is 9.80 Å². The number of anilines is 6. The van der Waals surface area contributed by atoms with Gasteiger partial charge >= 0.3 is 0 Å². The summed E-state index contributed by atoms with van der Waals surface area (Å²) in [5, 5.41) is 0. The summed E-state index contributed by atoms with van der Waals surface area (Å²) in [7, 11) is 0. The molecule has 0 aromatic heterocycles. The number of fused-ring (bicyclic) bond motifs is 10. The monoisotopic (exact) mass is 726 g/mol. The molecule has 0 saturated carbocycles. The van der Waals surface area contributed by atoms with Gasteiger partial charge in [-0.15, -0.1) is 0 Å². The lowest BCUT2D eigenvalue weighted by atomic mass is 9.70. The van der Waals surface area contributed by atoms with Gasteiger partial charge in [0.1, 0.15) is 0 Å². The third kappa shape index (κ3) is 5.04. The maximum atomic E-state index is 2.48. The van der Waals surface area contributed by atoms with E-state index in [9.17, 15) is 0 Å². The summed E-state index contributed by atoms with van der Waals surface area (Å²) in [6.45, 7) is 0. The zero-order valence-corrected chi connectivity index (χ0v) is 31.3. The van der Waals surface area contributed by atoms with Gasteiger partial charge in [0, 0.05) is 33.9 Å². The van der Waals surface area contributed by atoms with E-state index >= 15 is 0 Å². The van der Waals surface area contributed by atoms with Crippen molar-refractivity contribution in [1.29, 1.82) is 0 Å². The second kappa shape index (κ2) is 13.4. The average Bonchev–Trinajstić information content (AvgIpc) is 3.76. The zero-order chi connectivity index (χ0) is 37.8. The molecule has 1 unspecified atom stereocenters. The van der Waals surface area contributed by atoms with Crippen molar-refractivity contribution in [3.05, 3.63) is 253 Å². The van der Waals surface area contributed by atoms with Crippen LogP contribution in [-0.4, -0.2) is 0 Å². The van der Waals surface area contributed by atoms with Crippen LogP contribution in [0.5, 0.6) is 0 Å². The van der Waals surface area contributed by atoms with E-state index in [0.717, 1.165) is 28.4 Å². The average molecular weight is 727 g/mol. The molecule has 268 valence electrons. The summed E-state index contributed by atoms with van der Waals surface area (Å²) in [6.07, 6.45) is 0. The maximum Gasteiger partial charge on any atom is 0.0727 e. The number of nitrogens with zero attached hydrogens (tertiary/aromatic N) is 2. The molecule has 57 heavy (non-hydrogen) atoms. The van der Waals surface area contributed by atoms with Gasteiger partial charge < -0.3 is 9.80 Å². The molecule has 2 nitrogen and oxygen atoms in total. The lowest BCUT2D eigenvalue weighted by Gasteiger charge is -2.33. The number of para-hydroxylation sites is 4. The van der Waals surface area contributed by atoms with E-state index in [1.54, 1.807) is 0 Å². The third-order valence-corrected chi connectivity index (χ3v) is 11.8. The predicted octanol–water partition coefficient (Wildman–Crippen LogP) is 14.6. The van der Waals surface area contributed by atoms with Gasteiger partial charge in [0.05, 0.1) is 16.8 Å². The Balaban J connectivity index is 1.20. The van der Waals surface area contributed by atoms with Crippen LogP contribution in [0.25, 0.3) is 33.4 Å². The predicted molar refractivity (Wildman–Crippen MR) is 238 cm³/mol. The molecular weight excluding hydrogens is 689 g/mol. The minimum absolute atomic E-state index is 0.537. The SMILES string of the molecule is c1ccc(-c2ccccc2N(c2ccccc2)c2ccc3c(c2)C2(c4ccccc4-3)c3ccccc3-c3c(N(c4ccccc4)c4ccccc4)cccc32)cc1. The molecule has 2 aliphatic carbocycles. The quantitative estimate of drug-likeness (QED) is 0.161. The molecule has 0 N–H and O–H groups in total. The van der Waals surface area contributed by atoms with Gasteiger partial charge in [-0.05, 0) is 105 Å². The van der Waals surface area contributed by atoms with Gasteiger partial charge in [-0.1, -0.05) is 170 Å². The molecule has 0 fully saturated rings. The van der Waals surface area contributed by atoms with Gasteiger partial charge in [-0.2, -0.15) is 0 Å². The Bertz CT molecular complexity index is 2860. The van der Waals surface area contributed by atoms with Crippen LogP contribution in [0.15, 0.2) is 231 Å². The summed E-state index contributed by atoms with van der Waals surface area (Å²) in [5.74, 6) is 0. The molecule has 1 spiro atoms. The number of benzene rings is 9. The van der Waals surface area contributed by atoms with Crippen molar-refractivity contribution >= 4 is 34.1 Å². The molecule has 0 heterocycles. The van der Waals surface area contributed by atoms with Crippen molar-refractivity contribution in [3.63, 3.8) is 0 Å². The first-order valence-electron chi connectivity index (χ1n) is 19.7. The topological polar surface area (TPSA) is 6.48 Å². The molecule has 1 atom stereocenters. The van der Waals surface area contributed by atoms with Gasteiger partial charge in [-0.25, -0.2) is 0 Å². The second-order valence-electron chi connectivity index (χ2n) is 14.8. The molecular formula is C55H38N2. The molecule has 0 amide bonds. The fraction of sp³-hybridized carbons (Fsp3) is 0.0182. The Labute approximate surface area is 334 Å². The maximum absolute atomic E-state index is 2.48. The highest BCUT2D eigenvalue weighted by molar-refractivity contribution is 6.02. The first-order chi connectivity index (χ1) is 28.3. The first kappa shape index (κ1) is 33.0. The highest BCUT2D eigenvalue weighted by Crippen LogP contribution is 2.65. The lowest BCUT2D eigenvalue weighted by molar-refractivity contribution is 0.793. The van der Waals surface area contributed by atoms with E-state index in [-0.39, 0.29) is 0 Å². The fourth-order valence-corrected chi connectivity index (χ4v) is 9.60. The van der Waals surface area contributed by atoms with E-state index < -0.39 is 5.41 Å². The Kier molecular flexibility index (Phi) is 7.75. The molecule has 9 aromatic rings. The van der Waals surface area contributed by atoms with Crippen LogP contribution in [-0.2, 0) is 5.41 Å². The smallest absolute Gasteiger partial charge is 0.0727 e. The summed E-state index contributed by atoms with van der Waals surface area (Å²) >= 11 is 0. The van der Waals surface area contributed by atoms with Gasteiger partial charge in [0.15, 0.2) is 0 Å². The van der Waals surface area contributed by atoms with Crippen LogP contribution >= 0.6 is 0 Å². The van der Waals surface area contributed by atoms with Crippen molar-refractivity contribution in [3.8, 4) is 33.4 Å². The minimum Gasteiger partial charge on any atom is -0.310 e. The van der Waals surface area contributed by atoms with E-state index in [0.29, 0.717) is 0 Å². The van der Waals surface area contributed by atoms with Crippen LogP contribution in [0.1, 0.15) is 22.3 Å². The van der Waals surface area contributed by atoms with Crippen molar-refractivity contribution in [2.45, 2.75) is 5.41 Å². The zero-order valence-electron chi connectivity index (χ0n) is 31.3. The molecule has 0 bridgehead atoms. The molecule has 0 aliphatic heterocycles. The summed E-state index contributed by atoms with van der Waals surface area (Å²) in [6, 6.07) is 84.1. The summed E-state index contributed by atoms with van der Waals surface area (Å²) < 4.78 is 0. The van der Waals surface area contributed by atoms with Crippen LogP contribution in [0.4, 0.5) is 34.1 Å². The molecule has 9 aromatic carbocycles. The van der Waals surface area contributed by atoms with Crippen LogP contribution in [0.2, 0.25) is 0 Å². The molecule has 11 rings (SSSR count). The molecule has 0 saturated heterocycles. The Hall–Kier alpha value is -7.42. The highest BCUT2D eigenvalue weighted by atomic mass is 15.2. The summed E-state index contributed by atoms with van der Waals surface area (Å²) in [4.78, 5) is 4.86. The first-order valence-corrected chi connectivity index (χ1v) is 19.7. The Morgan fingerprint density at radius 3 is 1.33 bits per heavy atom. The largest absolute Gasteiger partial charge is 0.310 e. The lowest BCUT2D eigenvalue weighted by Crippen LogP contribution is -2.26. The van der Waals surface area contributed by atoms with Gasteiger partial charge in [0.25, 0.3) is 0 Å². The molecule has 0 radical (unpaired) electrons. The third-order valence-electron chi connectivity index (χ3n) is 11.8. The molecule has 2 heteroatoms. The number of rotatable bonds is 7. The summed E-state index contributed by atoms with van der Waals surface area (Å²) in [5.41, 5.74) is 18.9. The Morgan fingerprint density at radius 2 is 0.702 bits per heavy atom. The van der Waals surface area contributed by atoms with Crippen LogP contribution < -0.4 is 9.80 Å². The van der Waals surface area contributed by atoms with Crippen molar-refractivity contribution in [1.82, 2.24) is 0 Å². The normalized spacial score (nSPS) is 14.4. The van der Waals surface area contributed by atoms with Gasteiger partial charge in [0.2, 0.25) is 0 Å². The van der Waals surface area contributed by atoms with Crippen molar-refractivity contribution in [2.24, 2.45) is 0 Å². The van der Waals surface area contributed by atoms with Crippen molar-refractivity contribution < 1.29 is 0 Å². The van der Waals surface area contributed by atoms with Gasteiger partial charge in [-0.3, -0.25) is 0 Å². The fourth-order valence-electron chi connectivity index (χ4n) is 9.60. The van der Waals surface area contributed by atoms with Crippen LogP contribution in [0, 0.1) is 0 Å². The minimum atomic E-state index is -0.537. The standard InChI is InChI=1S/C55H38N2/c1-5-20-39(21-6-1)44-28-15-18-34-52(44)57(42-26-11-4-12-27-42)43-36-37-46-45-29-13-16-31-48(45)55(51(46)38-43)49-32-17-14-30-47(49)54-50(55)33-19-35-53(54)56(40-22-7-2-8-23-40)41-24-9-3-10-25-41/h1-38H. The van der Waals surface area contributed by atoms with E-state index in [4.69, 9.17) is 0 Å². The number of hydrogen-bond donors (Lipinski definition) is 0. The number of hydrogen-bond acceptors (Lipinski definition) is 2. The van der Waals surface area contributed by atoms with E-state index in [1.165, 1.54) is 61.3 Å².